The van der Waals surface area contributed by atoms with Crippen molar-refractivity contribution in [1.29, 1.82) is 0 Å². The van der Waals surface area contributed by atoms with Gasteiger partial charge in [-0.2, -0.15) is 0 Å². The molecule has 0 amide bonds. The summed E-state index contributed by atoms with van der Waals surface area (Å²) >= 11 is 0. The molecule has 1 fully saturated rings. The molecule has 1 rings (SSSR count). The van der Waals surface area contributed by atoms with Gasteiger partial charge in [-0.25, -0.2) is 0 Å². The van der Waals surface area contributed by atoms with Crippen molar-refractivity contribution in [3.63, 3.8) is 0 Å². The average Bonchev–Trinajstić information content (AvgIpc) is 2.95. The van der Waals surface area contributed by atoms with Crippen LogP contribution >= 0.6 is 0 Å². The number of aliphatic hydroxyl groups is 2. The lowest BCUT2D eigenvalue weighted by Gasteiger charge is -2.19. The minimum absolute atomic E-state index is 0.102. The highest BCUT2D eigenvalue weighted by Gasteiger charge is 2.36. The highest BCUT2D eigenvalue weighted by molar-refractivity contribution is 5.68. The van der Waals surface area contributed by atoms with Gasteiger partial charge < -0.3 is 19.7 Å². The van der Waals surface area contributed by atoms with E-state index in [1.807, 2.05) is 0 Å². The molecule has 5 nitrogen and oxygen atoms in total. The van der Waals surface area contributed by atoms with Crippen LogP contribution in [0.4, 0.5) is 0 Å². The standard InChI is InChI=1S/C19H36O5/c1-3-4-8-12-17-16(21)14-18(24-17)15(20)11-9-6-5-7-10-13-19(22)23-2/h15-18,20-21H,3-14H2,1-2H3/t15-,16-,17-,18-/m1/s1. The summed E-state index contributed by atoms with van der Waals surface area (Å²) in [5.74, 6) is -0.143. The zero-order chi connectivity index (χ0) is 17.8. The molecule has 0 aromatic rings. The Kier molecular flexibility index (Phi) is 11.3. The first-order valence-corrected chi connectivity index (χ1v) is 9.66. The van der Waals surface area contributed by atoms with Gasteiger partial charge >= 0.3 is 5.97 Å². The molecule has 0 radical (unpaired) electrons. The van der Waals surface area contributed by atoms with E-state index in [4.69, 9.17) is 4.74 Å². The van der Waals surface area contributed by atoms with Crippen LogP contribution in [0.2, 0.25) is 0 Å². The fourth-order valence-electron chi connectivity index (χ4n) is 3.31. The molecule has 0 aliphatic carbocycles. The lowest BCUT2D eigenvalue weighted by atomic mass is 10.0. The monoisotopic (exact) mass is 344 g/mol. The summed E-state index contributed by atoms with van der Waals surface area (Å²) in [7, 11) is 1.42. The smallest absolute Gasteiger partial charge is 0.305 e. The summed E-state index contributed by atoms with van der Waals surface area (Å²) < 4.78 is 10.5. The molecule has 0 unspecified atom stereocenters. The summed E-state index contributed by atoms with van der Waals surface area (Å²) in [6.07, 6.45) is 9.78. The van der Waals surface area contributed by atoms with Gasteiger partial charge in [0, 0.05) is 12.8 Å². The highest BCUT2D eigenvalue weighted by Crippen LogP contribution is 2.28. The van der Waals surface area contributed by atoms with Crippen LogP contribution in [0.3, 0.4) is 0 Å². The molecule has 1 heterocycles. The number of ether oxygens (including phenoxy) is 2. The number of hydrogen-bond donors (Lipinski definition) is 2. The molecule has 142 valence electrons. The van der Waals surface area contributed by atoms with Crippen LogP contribution in [0.25, 0.3) is 0 Å². The number of carbonyl (C=O) groups excluding carboxylic acids is 1. The molecule has 2 N–H and O–H groups in total. The van der Waals surface area contributed by atoms with Crippen molar-refractivity contribution >= 4 is 5.97 Å². The third-order valence-corrected chi connectivity index (χ3v) is 4.88. The Labute approximate surface area is 146 Å². The normalized spacial score (nSPS) is 24.9. The average molecular weight is 344 g/mol. The molecule has 1 aliphatic heterocycles. The molecule has 0 spiro atoms. The molecule has 0 saturated carbocycles. The molecule has 4 atom stereocenters. The van der Waals surface area contributed by atoms with Crippen molar-refractivity contribution in [3.05, 3.63) is 0 Å². The van der Waals surface area contributed by atoms with Gasteiger partial charge in [0.05, 0.1) is 31.5 Å². The Morgan fingerprint density at radius 2 is 1.88 bits per heavy atom. The number of esters is 1. The molecule has 1 saturated heterocycles. The number of hydrogen-bond acceptors (Lipinski definition) is 5. The van der Waals surface area contributed by atoms with Gasteiger partial charge in [0.1, 0.15) is 0 Å². The zero-order valence-electron chi connectivity index (χ0n) is 15.4. The maximum atomic E-state index is 11.0. The Morgan fingerprint density at radius 3 is 2.58 bits per heavy atom. The Morgan fingerprint density at radius 1 is 1.17 bits per heavy atom. The molecule has 0 aromatic carbocycles. The third-order valence-electron chi connectivity index (χ3n) is 4.88. The molecule has 5 heteroatoms. The van der Waals surface area contributed by atoms with Gasteiger partial charge in [0.25, 0.3) is 0 Å². The van der Waals surface area contributed by atoms with Crippen LogP contribution in [0, 0.1) is 0 Å². The predicted octanol–water partition coefficient (Wildman–Crippen LogP) is 3.35. The summed E-state index contributed by atoms with van der Waals surface area (Å²) in [6, 6.07) is 0. The van der Waals surface area contributed by atoms with E-state index in [0.717, 1.165) is 64.2 Å². The van der Waals surface area contributed by atoms with Gasteiger partial charge in [-0.1, -0.05) is 51.9 Å². The first kappa shape index (κ1) is 21.4. The topological polar surface area (TPSA) is 76.0 Å². The van der Waals surface area contributed by atoms with Crippen LogP contribution in [0.1, 0.15) is 84.0 Å². The fourth-order valence-corrected chi connectivity index (χ4v) is 3.31. The lowest BCUT2D eigenvalue weighted by molar-refractivity contribution is -0.140. The van der Waals surface area contributed by atoms with Gasteiger partial charge in [0.2, 0.25) is 0 Å². The van der Waals surface area contributed by atoms with E-state index in [9.17, 15) is 15.0 Å². The Bertz CT molecular complexity index is 334. The first-order valence-electron chi connectivity index (χ1n) is 9.66. The van der Waals surface area contributed by atoms with Crippen LogP contribution in [0.5, 0.6) is 0 Å². The van der Waals surface area contributed by atoms with Gasteiger partial charge in [-0.3, -0.25) is 4.79 Å². The minimum atomic E-state index is -0.481. The van der Waals surface area contributed by atoms with Crippen molar-refractivity contribution < 1.29 is 24.5 Å². The molecule has 24 heavy (non-hydrogen) atoms. The Balaban J connectivity index is 2.06. The predicted molar refractivity (Wildman–Crippen MR) is 93.8 cm³/mol. The van der Waals surface area contributed by atoms with E-state index in [0.29, 0.717) is 12.8 Å². The SMILES string of the molecule is CCCCC[C@H]1O[C@@H]([C@H](O)CCCCCCCC(=O)OC)C[C@H]1O. The van der Waals surface area contributed by atoms with E-state index in [1.54, 1.807) is 0 Å². The molecular formula is C19H36O5. The van der Waals surface area contributed by atoms with E-state index < -0.39 is 12.2 Å². The largest absolute Gasteiger partial charge is 0.469 e. The quantitative estimate of drug-likeness (QED) is 0.396. The second-order valence-corrected chi connectivity index (χ2v) is 6.96. The minimum Gasteiger partial charge on any atom is -0.469 e. The molecule has 1 aliphatic rings. The number of carbonyl (C=O) groups is 1. The maximum absolute atomic E-state index is 11.0. The summed E-state index contributed by atoms with van der Waals surface area (Å²) in [5.41, 5.74) is 0. The van der Waals surface area contributed by atoms with Crippen LogP contribution < -0.4 is 0 Å². The van der Waals surface area contributed by atoms with Gasteiger partial charge in [-0.15, -0.1) is 0 Å². The molecular weight excluding hydrogens is 308 g/mol. The zero-order valence-corrected chi connectivity index (χ0v) is 15.4. The molecule has 0 bridgehead atoms. The van der Waals surface area contributed by atoms with Crippen molar-refractivity contribution in [2.24, 2.45) is 0 Å². The number of aliphatic hydroxyl groups excluding tert-OH is 2. The van der Waals surface area contributed by atoms with Gasteiger partial charge in [0.15, 0.2) is 0 Å². The third kappa shape index (κ3) is 8.45. The summed E-state index contributed by atoms with van der Waals surface area (Å²) in [6.45, 7) is 2.16. The van der Waals surface area contributed by atoms with Crippen molar-refractivity contribution in [3.8, 4) is 0 Å². The highest BCUT2D eigenvalue weighted by atomic mass is 16.5. The second-order valence-electron chi connectivity index (χ2n) is 6.96. The van der Waals surface area contributed by atoms with Gasteiger partial charge in [-0.05, 0) is 19.3 Å². The van der Waals surface area contributed by atoms with Crippen LogP contribution in [-0.4, -0.2) is 47.7 Å². The second kappa shape index (κ2) is 12.7. The van der Waals surface area contributed by atoms with Crippen molar-refractivity contribution in [1.82, 2.24) is 0 Å². The number of rotatable bonds is 13. The first-order chi connectivity index (χ1) is 11.6. The maximum Gasteiger partial charge on any atom is 0.305 e. The van der Waals surface area contributed by atoms with Crippen LogP contribution in [0.15, 0.2) is 0 Å². The summed E-state index contributed by atoms with van der Waals surface area (Å²) in [4.78, 5) is 11.0. The fraction of sp³-hybridized carbons (Fsp3) is 0.947. The number of methoxy groups -OCH3 is 1. The number of unbranched alkanes of at least 4 members (excludes halogenated alkanes) is 6. The Hall–Kier alpha value is -0.650. The van der Waals surface area contributed by atoms with E-state index in [-0.39, 0.29) is 18.2 Å². The van der Waals surface area contributed by atoms with E-state index in [1.165, 1.54) is 7.11 Å². The lowest BCUT2D eigenvalue weighted by Crippen LogP contribution is -2.26. The van der Waals surface area contributed by atoms with Crippen LogP contribution in [-0.2, 0) is 14.3 Å². The van der Waals surface area contributed by atoms with E-state index >= 15 is 0 Å². The van der Waals surface area contributed by atoms with Crippen molar-refractivity contribution in [2.75, 3.05) is 7.11 Å². The van der Waals surface area contributed by atoms with Crippen molar-refractivity contribution in [2.45, 2.75) is 108 Å². The molecule has 0 aromatic heterocycles. The summed E-state index contributed by atoms with van der Waals surface area (Å²) in [5, 5.41) is 20.3. The van der Waals surface area contributed by atoms with E-state index in [2.05, 4.69) is 11.7 Å².